The van der Waals surface area contributed by atoms with Crippen LogP contribution in [-0.4, -0.2) is 15.2 Å². The van der Waals surface area contributed by atoms with Gasteiger partial charge >= 0.3 is 0 Å². The molecule has 76 valence electrons. The molecule has 1 aromatic heterocycles. The van der Waals surface area contributed by atoms with Crippen molar-refractivity contribution in [3.05, 3.63) is 46.0 Å². The number of hydrogen-bond acceptors (Lipinski definition) is 2. The zero-order valence-corrected chi connectivity index (χ0v) is 9.14. The first-order valence-corrected chi connectivity index (χ1v) is 5.04. The molecule has 0 bridgehead atoms. The van der Waals surface area contributed by atoms with Crippen LogP contribution < -0.4 is 0 Å². The van der Waals surface area contributed by atoms with Crippen LogP contribution in [0.25, 0.3) is 12.2 Å². The van der Waals surface area contributed by atoms with E-state index < -0.39 is 0 Å². The number of aryl methyl sites for hydroxylation is 1. The number of aromatic nitrogens is 3. The number of nitrogens with one attached hydrogen (secondary N) is 2. The normalized spacial score (nSPS) is 11.0. The summed E-state index contributed by atoms with van der Waals surface area (Å²) in [7, 11) is 0. The zero-order chi connectivity index (χ0) is 10.7. The summed E-state index contributed by atoms with van der Waals surface area (Å²) in [4.78, 5) is 4.06. The summed E-state index contributed by atoms with van der Waals surface area (Å²) in [5.74, 6) is 0.737. The van der Waals surface area contributed by atoms with Gasteiger partial charge in [-0.25, -0.2) is 4.98 Å². The van der Waals surface area contributed by atoms with Crippen molar-refractivity contribution in [2.45, 2.75) is 6.92 Å². The monoisotopic (exact) mass is 217 g/mol. The van der Waals surface area contributed by atoms with Crippen LogP contribution in [0.15, 0.2) is 24.3 Å². The average Bonchev–Trinajstić information content (AvgIpc) is 2.64. The zero-order valence-electron chi connectivity index (χ0n) is 8.32. The van der Waals surface area contributed by atoms with Crippen molar-refractivity contribution >= 4 is 24.4 Å². The number of H-pyrrole nitrogens is 2. The van der Waals surface area contributed by atoms with Crippen molar-refractivity contribution < 1.29 is 0 Å². The van der Waals surface area contributed by atoms with Crippen molar-refractivity contribution in [1.29, 1.82) is 0 Å². The molecular weight excluding hydrogens is 206 g/mol. The quantitative estimate of drug-likeness (QED) is 0.760. The van der Waals surface area contributed by atoms with Crippen molar-refractivity contribution in [3.63, 3.8) is 0 Å². The second kappa shape index (κ2) is 4.23. The Kier molecular flexibility index (Phi) is 2.78. The van der Waals surface area contributed by atoms with Crippen molar-refractivity contribution in [2.24, 2.45) is 0 Å². The largest absolute Gasteiger partial charge is 0.282 e. The summed E-state index contributed by atoms with van der Waals surface area (Å²) in [6, 6.07) is 8.28. The van der Waals surface area contributed by atoms with Crippen LogP contribution >= 0.6 is 12.2 Å². The van der Waals surface area contributed by atoms with Gasteiger partial charge in [-0.3, -0.25) is 10.2 Å². The van der Waals surface area contributed by atoms with E-state index >= 15 is 0 Å². The predicted molar refractivity (Wildman–Crippen MR) is 63.9 cm³/mol. The van der Waals surface area contributed by atoms with Gasteiger partial charge in [-0.2, -0.15) is 0 Å². The maximum atomic E-state index is 4.85. The van der Waals surface area contributed by atoms with Crippen LogP contribution in [0.4, 0.5) is 0 Å². The maximum Gasteiger partial charge on any atom is 0.213 e. The lowest BCUT2D eigenvalue weighted by molar-refractivity contribution is 1.07. The van der Waals surface area contributed by atoms with Gasteiger partial charge in [0.05, 0.1) is 0 Å². The maximum absolute atomic E-state index is 4.85. The molecule has 0 aliphatic carbocycles. The van der Waals surface area contributed by atoms with Gasteiger partial charge in [0.2, 0.25) is 4.77 Å². The molecule has 1 heterocycles. The Morgan fingerprint density at radius 2 is 1.87 bits per heavy atom. The number of hydrogen-bond donors (Lipinski definition) is 2. The Labute approximate surface area is 92.9 Å². The molecule has 0 atom stereocenters. The van der Waals surface area contributed by atoms with Crippen molar-refractivity contribution in [1.82, 2.24) is 15.2 Å². The summed E-state index contributed by atoms with van der Waals surface area (Å²) < 4.78 is 0.471. The Hall–Kier alpha value is -1.68. The topological polar surface area (TPSA) is 44.5 Å². The van der Waals surface area contributed by atoms with Gasteiger partial charge in [-0.05, 0) is 30.8 Å². The summed E-state index contributed by atoms with van der Waals surface area (Å²) >= 11 is 4.85. The third-order valence-electron chi connectivity index (χ3n) is 2.03. The van der Waals surface area contributed by atoms with Gasteiger partial charge < -0.3 is 0 Å². The highest BCUT2D eigenvalue weighted by Gasteiger charge is 1.90. The fourth-order valence-corrected chi connectivity index (χ4v) is 1.36. The van der Waals surface area contributed by atoms with Crippen LogP contribution in [0.1, 0.15) is 17.0 Å². The molecule has 0 fully saturated rings. The molecule has 0 amide bonds. The highest BCUT2D eigenvalue weighted by atomic mass is 32.1. The molecule has 15 heavy (non-hydrogen) atoms. The summed E-state index contributed by atoms with van der Waals surface area (Å²) in [5.41, 5.74) is 2.40. The van der Waals surface area contributed by atoms with Crippen molar-refractivity contribution in [3.8, 4) is 0 Å². The van der Waals surface area contributed by atoms with E-state index in [1.54, 1.807) is 0 Å². The third kappa shape index (κ3) is 2.63. The minimum atomic E-state index is 0.471. The van der Waals surface area contributed by atoms with Gasteiger partial charge in [-0.15, -0.1) is 0 Å². The Bertz CT molecular complexity index is 519. The first kappa shape index (κ1) is 9.86. The molecular formula is C11H11N3S. The number of rotatable bonds is 2. The first-order valence-electron chi connectivity index (χ1n) is 4.63. The summed E-state index contributed by atoms with van der Waals surface area (Å²) in [6.45, 7) is 2.07. The summed E-state index contributed by atoms with van der Waals surface area (Å²) in [5, 5.41) is 5.60. The number of aromatic amines is 2. The van der Waals surface area contributed by atoms with E-state index in [9.17, 15) is 0 Å². The fourth-order valence-electron chi connectivity index (χ4n) is 1.21. The smallest absolute Gasteiger partial charge is 0.213 e. The van der Waals surface area contributed by atoms with Gasteiger partial charge in [0, 0.05) is 0 Å². The van der Waals surface area contributed by atoms with E-state index in [1.165, 1.54) is 5.56 Å². The molecule has 4 heteroatoms. The standard InChI is InChI=1S/C11H11N3S/c1-8-2-4-9(5-3-8)6-7-10-12-11(15)14-13-10/h2-7H,1H3,(H2,12,13,14,15). The molecule has 0 saturated heterocycles. The van der Waals surface area contributed by atoms with Crippen LogP contribution in [-0.2, 0) is 0 Å². The first-order chi connectivity index (χ1) is 7.24. The van der Waals surface area contributed by atoms with E-state index in [-0.39, 0.29) is 0 Å². The molecule has 0 aliphatic rings. The SMILES string of the molecule is Cc1ccc(C=Cc2nc(=S)[nH][nH]2)cc1. The minimum Gasteiger partial charge on any atom is -0.282 e. The fraction of sp³-hybridized carbons (Fsp3) is 0.0909. The van der Waals surface area contributed by atoms with Gasteiger partial charge in [0.1, 0.15) is 5.82 Å². The second-order valence-corrected chi connectivity index (χ2v) is 3.68. The molecule has 1 aromatic carbocycles. The van der Waals surface area contributed by atoms with E-state index in [0.29, 0.717) is 4.77 Å². The van der Waals surface area contributed by atoms with E-state index in [1.807, 2.05) is 12.2 Å². The van der Waals surface area contributed by atoms with Crippen LogP contribution in [0.2, 0.25) is 0 Å². The molecule has 0 radical (unpaired) electrons. The molecule has 2 N–H and O–H groups in total. The molecule has 0 spiro atoms. The highest BCUT2D eigenvalue weighted by molar-refractivity contribution is 7.71. The highest BCUT2D eigenvalue weighted by Crippen LogP contribution is 2.06. The minimum absolute atomic E-state index is 0.471. The van der Waals surface area contributed by atoms with E-state index in [2.05, 4.69) is 46.4 Å². The van der Waals surface area contributed by atoms with Crippen molar-refractivity contribution in [2.75, 3.05) is 0 Å². The molecule has 3 nitrogen and oxygen atoms in total. The average molecular weight is 217 g/mol. The molecule has 0 aliphatic heterocycles. The van der Waals surface area contributed by atoms with Gasteiger partial charge in [0.15, 0.2) is 0 Å². The Balaban J connectivity index is 2.18. The molecule has 0 saturated carbocycles. The molecule has 2 rings (SSSR count). The van der Waals surface area contributed by atoms with Crippen LogP contribution in [0, 0.1) is 11.7 Å². The predicted octanol–water partition coefficient (Wildman–Crippen LogP) is 2.95. The van der Waals surface area contributed by atoms with E-state index in [4.69, 9.17) is 12.2 Å². The lowest BCUT2D eigenvalue weighted by Crippen LogP contribution is -1.76. The Morgan fingerprint density at radius 1 is 1.13 bits per heavy atom. The number of benzene rings is 1. The van der Waals surface area contributed by atoms with Crippen LogP contribution in [0.5, 0.6) is 0 Å². The lowest BCUT2D eigenvalue weighted by Gasteiger charge is -1.93. The second-order valence-electron chi connectivity index (χ2n) is 3.30. The van der Waals surface area contributed by atoms with Gasteiger partial charge in [-0.1, -0.05) is 35.9 Å². The third-order valence-corrected chi connectivity index (χ3v) is 2.22. The number of nitrogens with zero attached hydrogens (tertiary/aromatic N) is 1. The summed E-state index contributed by atoms with van der Waals surface area (Å²) in [6.07, 6.45) is 3.87. The van der Waals surface area contributed by atoms with Crippen LogP contribution in [0.3, 0.4) is 0 Å². The lowest BCUT2D eigenvalue weighted by atomic mass is 10.1. The molecule has 0 unspecified atom stereocenters. The molecule has 2 aromatic rings. The van der Waals surface area contributed by atoms with Gasteiger partial charge in [0.25, 0.3) is 0 Å². The Morgan fingerprint density at radius 3 is 2.47 bits per heavy atom. The van der Waals surface area contributed by atoms with E-state index in [0.717, 1.165) is 11.4 Å².